The molecule has 162 valence electrons. The maximum Gasteiger partial charge on any atom is 0.270 e. The Bertz CT molecular complexity index is 1100. The number of methoxy groups -OCH3 is 2. The van der Waals surface area contributed by atoms with Gasteiger partial charge in [-0.05, 0) is 24.3 Å². The van der Waals surface area contributed by atoms with Crippen LogP contribution in [-0.2, 0) is 4.74 Å². The van der Waals surface area contributed by atoms with Crippen LogP contribution in [0.2, 0.25) is 5.02 Å². The molecule has 11 heteroatoms. The Balaban J connectivity index is 1.82. The number of nitro groups is 1. The molecule has 2 N–H and O–H groups in total. The quantitative estimate of drug-likeness (QED) is 0.269. The Kier molecular flexibility index (Phi) is 7.40. The van der Waals surface area contributed by atoms with Crippen molar-refractivity contribution in [2.75, 3.05) is 38.0 Å². The number of nitro benzene ring substituents is 1. The summed E-state index contributed by atoms with van der Waals surface area (Å²) in [7, 11) is 3.09. The van der Waals surface area contributed by atoms with Gasteiger partial charge in [-0.2, -0.15) is 0 Å². The molecule has 0 unspecified atom stereocenters. The van der Waals surface area contributed by atoms with Crippen molar-refractivity contribution in [3.63, 3.8) is 0 Å². The monoisotopic (exact) mass is 462 g/mol. The van der Waals surface area contributed by atoms with Crippen LogP contribution in [0.25, 0.3) is 11.3 Å². The van der Waals surface area contributed by atoms with Crippen molar-refractivity contribution in [1.82, 2.24) is 4.98 Å². The molecule has 0 atom stereocenters. The van der Waals surface area contributed by atoms with Crippen LogP contribution in [0.5, 0.6) is 5.75 Å². The summed E-state index contributed by atoms with van der Waals surface area (Å²) in [6.45, 7) is 0.854. The van der Waals surface area contributed by atoms with Crippen molar-refractivity contribution in [2.24, 2.45) is 0 Å². The molecule has 0 bridgehead atoms. The molecule has 0 aliphatic heterocycles. The van der Waals surface area contributed by atoms with Gasteiger partial charge in [0.25, 0.3) is 11.6 Å². The normalized spacial score (nSPS) is 10.5. The first kappa shape index (κ1) is 22.5. The highest BCUT2D eigenvalue weighted by molar-refractivity contribution is 7.14. The number of amides is 1. The first-order chi connectivity index (χ1) is 14.9. The summed E-state index contributed by atoms with van der Waals surface area (Å²) < 4.78 is 10.1. The van der Waals surface area contributed by atoms with E-state index in [1.807, 2.05) is 6.07 Å². The van der Waals surface area contributed by atoms with Gasteiger partial charge in [0.15, 0.2) is 5.13 Å². The van der Waals surface area contributed by atoms with E-state index in [4.69, 9.17) is 21.1 Å². The molecule has 1 aromatic heterocycles. The minimum Gasteiger partial charge on any atom is -0.495 e. The SMILES string of the molecule is COCCNc1ccc([N+](=O)[O-])cc1C(=O)Nc1nc(-c2ccc(OC)c(Cl)c2)cs1. The smallest absolute Gasteiger partial charge is 0.270 e. The minimum absolute atomic E-state index is 0.134. The van der Waals surface area contributed by atoms with Crippen LogP contribution >= 0.6 is 22.9 Å². The Morgan fingerprint density at radius 2 is 2.06 bits per heavy atom. The standard InChI is InChI=1S/C20H19ClN4O5S/c1-29-8-7-22-16-5-4-13(25(27)28)10-14(16)19(26)24-20-23-17(11-31-20)12-3-6-18(30-2)15(21)9-12/h3-6,9-11,22H,7-8H2,1-2H3,(H,23,24,26). The van der Waals surface area contributed by atoms with E-state index in [2.05, 4.69) is 15.6 Å². The number of non-ortho nitro benzene ring substituents is 1. The van der Waals surface area contributed by atoms with E-state index in [1.54, 1.807) is 24.6 Å². The zero-order valence-corrected chi connectivity index (χ0v) is 18.2. The van der Waals surface area contributed by atoms with Gasteiger partial charge in [0.1, 0.15) is 5.75 Å². The Labute approximate surface area is 187 Å². The summed E-state index contributed by atoms with van der Waals surface area (Å²) in [5.74, 6) is 0.0330. The van der Waals surface area contributed by atoms with Gasteiger partial charge in [-0.1, -0.05) is 11.6 Å². The Morgan fingerprint density at radius 1 is 1.26 bits per heavy atom. The number of rotatable bonds is 9. The van der Waals surface area contributed by atoms with Crippen molar-refractivity contribution in [3.8, 4) is 17.0 Å². The predicted octanol–water partition coefficient (Wildman–Crippen LogP) is 4.69. The minimum atomic E-state index is -0.551. The van der Waals surface area contributed by atoms with Crippen LogP contribution in [0.15, 0.2) is 41.8 Å². The van der Waals surface area contributed by atoms with Crippen molar-refractivity contribution in [1.29, 1.82) is 0 Å². The van der Waals surface area contributed by atoms with E-state index in [0.29, 0.717) is 40.4 Å². The zero-order chi connectivity index (χ0) is 22.4. The van der Waals surface area contributed by atoms with Gasteiger partial charge in [-0.15, -0.1) is 11.3 Å². The van der Waals surface area contributed by atoms with Crippen LogP contribution in [0.3, 0.4) is 0 Å². The summed E-state index contributed by atoms with van der Waals surface area (Å²) in [5, 5.41) is 19.5. The van der Waals surface area contributed by atoms with Crippen LogP contribution in [0.1, 0.15) is 10.4 Å². The number of thiazole rings is 1. The predicted molar refractivity (Wildman–Crippen MR) is 121 cm³/mol. The molecule has 0 radical (unpaired) electrons. The third kappa shape index (κ3) is 5.48. The van der Waals surface area contributed by atoms with Crippen LogP contribution in [0.4, 0.5) is 16.5 Å². The molecule has 3 aromatic rings. The largest absolute Gasteiger partial charge is 0.495 e. The molecule has 9 nitrogen and oxygen atoms in total. The molecule has 0 aliphatic carbocycles. The molecular formula is C20H19ClN4O5S. The maximum absolute atomic E-state index is 12.8. The van der Waals surface area contributed by atoms with Gasteiger partial charge in [-0.3, -0.25) is 20.2 Å². The molecule has 31 heavy (non-hydrogen) atoms. The molecule has 3 rings (SSSR count). The van der Waals surface area contributed by atoms with E-state index in [-0.39, 0.29) is 11.3 Å². The fourth-order valence-corrected chi connectivity index (χ4v) is 3.70. The van der Waals surface area contributed by atoms with E-state index < -0.39 is 10.8 Å². The van der Waals surface area contributed by atoms with E-state index in [9.17, 15) is 14.9 Å². The van der Waals surface area contributed by atoms with Crippen LogP contribution in [-0.4, -0.2) is 43.2 Å². The highest BCUT2D eigenvalue weighted by Gasteiger charge is 2.18. The number of anilines is 2. The van der Waals surface area contributed by atoms with Gasteiger partial charge in [0.2, 0.25) is 0 Å². The number of aromatic nitrogens is 1. The summed E-state index contributed by atoms with van der Waals surface area (Å²) >= 11 is 7.40. The second-order valence-corrected chi connectivity index (χ2v) is 7.51. The van der Waals surface area contributed by atoms with Crippen molar-refractivity contribution < 1.29 is 19.2 Å². The number of carbonyl (C=O) groups excluding carboxylic acids is 1. The lowest BCUT2D eigenvalue weighted by atomic mass is 10.1. The van der Waals surface area contributed by atoms with Crippen LogP contribution < -0.4 is 15.4 Å². The summed E-state index contributed by atoms with van der Waals surface area (Å²) in [4.78, 5) is 27.9. The lowest BCUT2D eigenvalue weighted by Gasteiger charge is -2.11. The number of ether oxygens (including phenoxy) is 2. The van der Waals surface area contributed by atoms with Crippen molar-refractivity contribution in [2.45, 2.75) is 0 Å². The Morgan fingerprint density at radius 3 is 2.74 bits per heavy atom. The zero-order valence-electron chi connectivity index (χ0n) is 16.7. The molecule has 0 saturated carbocycles. The number of halogens is 1. The lowest BCUT2D eigenvalue weighted by molar-refractivity contribution is -0.384. The van der Waals surface area contributed by atoms with Gasteiger partial charge in [0.05, 0.1) is 34.9 Å². The molecule has 1 amide bonds. The molecule has 0 saturated heterocycles. The number of hydrogen-bond acceptors (Lipinski definition) is 8. The molecule has 2 aromatic carbocycles. The second kappa shape index (κ2) is 10.2. The highest BCUT2D eigenvalue weighted by atomic mass is 35.5. The number of nitrogens with zero attached hydrogens (tertiary/aromatic N) is 2. The molecule has 0 fully saturated rings. The van der Waals surface area contributed by atoms with E-state index >= 15 is 0 Å². The fourth-order valence-electron chi connectivity index (χ4n) is 2.73. The number of nitrogens with one attached hydrogen (secondary N) is 2. The fraction of sp³-hybridized carbons (Fsp3) is 0.200. The summed E-state index contributed by atoms with van der Waals surface area (Å²) in [5.41, 5.74) is 1.80. The third-order valence-corrected chi connectivity index (χ3v) is 5.31. The number of hydrogen-bond donors (Lipinski definition) is 2. The average Bonchev–Trinajstić information content (AvgIpc) is 3.22. The van der Waals surface area contributed by atoms with Gasteiger partial charge < -0.3 is 14.8 Å². The molecule has 0 aliphatic rings. The molecule has 0 spiro atoms. The Hall–Kier alpha value is -3.21. The average molecular weight is 463 g/mol. The molecule has 1 heterocycles. The molecular weight excluding hydrogens is 444 g/mol. The first-order valence-corrected chi connectivity index (χ1v) is 10.3. The third-order valence-electron chi connectivity index (χ3n) is 4.25. The van der Waals surface area contributed by atoms with E-state index in [0.717, 1.165) is 5.56 Å². The topological polar surface area (TPSA) is 116 Å². The van der Waals surface area contributed by atoms with Crippen molar-refractivity contribution >= 4 is 45.4 Å². The second-order valence-electron chi connectivity index (χ2n) is 6.25. The van der Waals surface area contributed by atoms with Crippen LogP contribution in [0, 0.1) is 10.1 Å². The van der Waals surface area contributed by atoms with Gasteiger partial charge >= 0.3 is 0 Å². The number of benzene rings is 2. The number of carbonyl (C=O) groups is 1. The highest BCUT2D eigenvalue weighted by Crippen LogP contribution is 2.32. The van der Waals surface area contributed by atoms with E-state index in [1.165, 1.54) is 36.6 Å². The van der Waals surface area contributed by atoms with Gasteiger partial charge in [-0.25, -0.2) is 4.98 Å². The summed E-state index contributed by atoms with van der Waals surface area (Å²) in [6, 6.07) is 9.32. The van der Waals surface area contributed by atoms with Gasteiger partial charge in [0, 0.05) is 42.4 Å². The lowest BCUT2D eigenvalue weighted by Crippen LogP contribution is -2.16. The maximum atomic E-state index is 12.8. The first-order valence-electron chi connectivity index (χ1n) is 9.05. The van der Waals surface area contributed by atoms with Crippen molar-refractivity contribution in [3.05, 3.63) is 62.5 Å². The summed E-state index contributed by atoms with van der Waals surface area (Å²) in [6.07, 6.45) is 0.